The third-order valence-corrected chi connectivity index (χ3v) is 2.53. The minimum Gasteiger partial charge on any atom is -0.397 e. The maximum absolute atomic E-state index is 10.4. The van der Waals surface area contributed by atoms with Crippen molar-refractivity contribution in [3.05, 3.63) is 0 Å². The Morgan fingerprint density at radius 1 is 0.750 bits per heavy atom. The van der Waals surface area contributed by atoms with Crippen molar-refractivity contribution in [1.29, 1.82) is 0 Å². The van der Waals surface area contributed by atoms with Gasteiger partial charge in [0.25, 0.3) is 0 Å². The second-order valence-electron chi connectivity index (χ2n) is 4.68. The molecule has 4 heteroatoms. The Balaban J connectivity index is -0.000000408. The van der Waals surface area contributed by atoms with Gasteiger partial charge in [-0.25, -0.2) is 0 Å². The van der Waals surface area contributed by atoms with Gasteiger partial charge in [-0.3, -0.25) is 4.79 Å². The molecule has 0 aromatic heterocycles. The van der Waals surface area contributed by atoms with E-state index in [4.69, 9.17) is 15.9 Å². The van der Waals surface area contributed by atoms with E-state index in [1.165, 1.54) is 44.9 Å². The standard InChI is InChI=1S/C12H25NO.2C2H6O/c1-2-3-4-5-6-7-8-9-10-11-12(13)14;2*1-2-3/h2-11H2,1H3,(H2,13,14);2*3H,2H2,1H3. The molecule has 0 aromatic rings. The van der Waals surface area contributed by atoms with Gasteiger partial charge in [0, 0.05) is 19.6 Å². The van der Waals surface area contributed by atoms with Crippen LogP contribution in [0.3, 0.4) is 0 Å². The van der Waals surface area contributed by atoms with Crippen LogP contribution < -0.4 is 5.73 Å². The van der Waals surface area contributed by atoms with Gasteiger partial charge >= 0.3 is 0 Å². The van der Waals surface area contributed by atoms with Crippen LogP contribution in [-0.4, -0.2) is 29.3 Å². The number of nitrogens with two attached hydrogens (primary N) is 1. The number of carbonyl (C=O) groups excluding carboxylic acids is 1. The smallest absolute Gasteiger partial charge is 0.217 e. The number of primary amides is 1. The number of carbonyl (C=O) groups is 1. The predicted molar refractivity (Wildman–Crippen MR) is 86.6 cm³/mol. The molecule has 0 radical (unpaired) electrons. The molecule has 0 atom stereocenters. The Kier molecular flexibility index (Phi) is 32.8. The minimum absolute atomic E-state index is 0.159. The molecular weight excluding hydrogens is 254 g/mol. The van der Waals surface area contributed by atoms with Crippen molar-refractivity contribution in [3.63, 3.8) is 0 Å². The topological polar surface area (TPSA) is 83.6 Å². The normalized spacial score (nSPS) is 9.05. The van der Waals surface area contributed by atoms with Crippen molar-refractivity contribution in [2.45, 2.75) is 85.0 Å². The van der Waals surface area contributed by atoms with Gasteiger partial charge in [0.05, 0.1) is 0 Å². The molecule has 4 N–H and O–H groups in total. The van der Waals surface area contributed by atoms with Gasteiger partial charge in [-0.2, -0.15) is 0 Å². The molecule has 0 aliphatic carbocycles. The van der Waals surface area contributed by atoms with Crippen LogP contribution in [0.25, 0.3) is 0 Å². The zero-order valence-electron chi connectivity index (χ0n) is 13.9. The summed E-state index contributed by atoms with van der Waals surface area (Å²) in [7, 11) is 0. The van der Waals surface area contributed by atoms with Crippen molar-refractivity contribution in [3.8, 4) is 0 Å². The first-order valence-corrected chi connectivity index (χ1v) is 8.10. The Morgan fingerprint density at radius 2 is 1.05 bits per heavy atom. The number of aliphatic hydroxyl groups is 2. The molecule has 20 heavy (non-hydrogen) atoms. The van der Waals surface area contributed by atoms with Crippen LogP contribution in [0.2, 0.25) is 0 Å². The molecule has 0 saturated heterocycles. The van der Waals surface area contributed by atoms with Crippen molar-refractivity contribution in [2.75, 3.05) is 13.2 Å². The first-order valence-electron chi connectivity index (χ1n) is 8.10. The third-order valence-electron chi connectivity index (χ3n) is 2.53. The lowest BCUT2D eigenvalue weighted by atomic mass is 10.1. The van der Waals surface area contributed by atoms with E-state index in [2.05, 4.69) is 6.92 Å². The highest BCUT2D eigenvalue weighted by molar-refractivity contribution is 5.73. The van der Waals surface area contributed by atoms with Gasteiger partial charge in [-0.05, 0) is 20.3 Å². The fourth-order valence-corrected chi connectivity index (χ4v) is 1.61. The van der Waals surface area contributed by atoms with Gasteiger partial charge in [0.15, 0.2) is 0 Å². The zero-order valence-corrected chi connectivity index (χ0v) is 13.9. The molecule has 0 spiro atoms. The second kappa shape index (κ2) is 26.9. The summed E-state index contributed by atoms with van der Waals surface area (Å²) in [6.45, 7) is 6.10. The van der Waals surface area contributed by atoms with Crippen LogP contribution in [0.4, 0.5) is 0 Å². The molecule has 0 unspecified atom stereocenters. The van der Waals surface area contributed by atoms with E-state index < -0.39 is 0 Å². The molecule has 0 saturated carbocycles. The zero-order chi connectivity index (χ0) is 16.1. The van der Waals surface area contributed by atoms with E-state index in [0.717, 1.165) is 12.8 Å². The Bertz CT molecular complexity index is 162. The van der Waals surface area contributed by atoms with Crippen LogP contribution in [0, 0.1) is 0 Å². The van der Waals surface area contributed by atoms with Crippen LogP contribution in [-0.2, 0) is 4.79 Å². The molecule has 0 heterocycles. The number of hydrogen-bond acceptors (Lipinski definition) is 3. The van der Waals surface area contributed by atoms with Gasteiger partial charge < -0.3 is 15.9 Å². The van der Waals surface area contributed by atoms with E-state index in [1.807, 2.05) is 0 Å². The van der Waals surface area contributed by atoms with E-state index in [-0.39, 0.29) is 19.1 Å². The lowest BCUT2D eigenvalue weighted by Gasteiger charge is -2.00. The summed E-state index contributed by atoms with van der Waals surface area (Å²) in [5, 5.41) is 15.1. The van der Waals surface area contributed by atoms with Crippen LogP contribution in [0.5, 0.6) is 0 Å². The molecule has 0 bridgehead atoms. The SMILES string of the molecule is CCCCCCCCCCCC(N)=O.CCO.CCO. The fourth-order valence-electron chi connectivity index (χ4n) is 1.61. The molecule has 0 rings (SSSR count). The molecule has 0 aliphatic rings. The van der Waals surface area contributed by atoms with Gasteiger partial charge in [0.2, 0.25) is 5.91 Å². The second-order valence-corrected chi connectivity index (χ2v) is 4.68. The summed E-state index contributed by atoms with van der Waals surface area (Å²) >= 11 is 0. The molecule has 124 valence electrons. The molecule has 1 amide bonds. The van der Waals surface area contributed by atoms with Crippen LogP contribution >= 0.6 is 0 Å². The molecule has 0 aromatic carbocycles. The summed E-state index contributed by atoms with van der Waals surface area (Å²) in [6.07, 6.45) is 12.1. The van der Waals surface area contributed by atoms with Gasteiger partial charge in [0.1, 0.15) is 0 Å². The summed E-state index contributed by atoms with van der Waals surface area (Å²) in [5.41, 5.74) is 5.05. The highest BCUT2D eigenvalue weighted by Crippen LogP contribution is 2.10. The van der Waals surface area contributed by atoms with Crippen molar-refractivity contribution in [1.82, 2.24) is 0 Å². The lowest BCUT2D eigenvalue weighted by Crippen LogP contribution is -2.09. The first kappa shape index (κ1) is 24.4. The monoisotopic (exact) mass is 291 g/mol. The van der Waals surface area contributed by atoms with Gasteiger partial charge in [-0.1, -0.05) is 58.3 Å². The Hall–Kier alpha value is -0.610. The maximum Gasteiger partial charge on any atom is 0.217 e. The van der Waals surface area contributed by atoms with E-state index in [9.17, 15) is 4.79 Å². The predicted octanol–water partition coefficient (Wildman–Crippen LogP) is 3.39. The summed E-state index contributed by atoms with van der Waals surface area (Å²) in [5.74, 6) is -0.159. The summed E-state index contributed by atoms with van der Waals surface area (Å²) in [4.78, 5) is 10.4. The van der Waals surface area contributed by atoms with Crippen LogP contribution in [0.1, 0.15) is 85.0 Å². The summed E-state index contributed by atoms with van der Waals surface area (Å²) < 4.78 is 0. The Morgan fingerprint density at radius 3 is 1.35 bits per heavy atom. The quantitative estimate of drug-likeness (QED) is 0.539. The van der Waals surface area contributed by atoms with Gasteiger partial charge in [-0.15, -0.1) is 0 Å². The van der Waals surface area contributed by atoms with Crippen LogP contribution in [0.15, 0.2) is 0 Å². The number of amides is 1. The van der Waals surface area contributed by atoms with E-state index >= 15 is 0 Å². The van der Waals surface area contributed by atoms with E-state index in [1.54, 1.807) is 13.8 Å². The highest BCUT2D eigenvalue weighted by Gasteiger charge is 1.94. The maximum atomic E-state index is 10.4. The van der Waals surface area contributed by atoms with Crippen molar-refractivity contribution in [2.24, 2.45) is 5.73 Å². The first-order chi connectivity index (χ1) is 9.60. The molecule has 4 nitrogen and oxygen atoms in total. The highest BCUT2D eigenvalue weighted by atomic mass is 16.3. The number of aliphatic hydroxyl groups excluding tert-OH is 2. The Labute approximate surface area is 125 Å². The average molecular weight is 291 g/mol. The summed E-state index contributed by atoms with van der Waals surface area (Å²) in [6, 6.07) is 0. The average Bonchev–Trinajstić information content (AvgIpc) is 2.38. The number of unbranched alkanes of at least 4 members (excludes halogenated alkanes) is 8. The molecular formula is C16H37NO3. The molecule has 0 fully saturated rings. The fraction of sp³-hybridized carbons (Fsp3) is 0.938. The molecule has 0 aliphatic heterocycles. The number of hydrogen-bond donors (Lipinski definition) is 3. The third kappa shape index (κ3) is 43.3. The van der Waals surface area contributed by atoms with Crippen molar-refractivity contribution < 1.29 is 15.0 Å². The van der Waals surface area contributed by atoms with Crippen molar-refractivity contribution >= 4 is 5.91 Å². The minimum atomic E-state index is -0.159. The lowest BCUT2D eigenvalue weighted by molar-refractivity contribution is -0.118. The number of rotatable bonds is 10. The largest absolute Gasteiger partial charge is 0.397 e. The van der Waals surface area contributed by atoms with E-state index in [0.29, 0.717) is 6.42 Å².